The van der Waals surface area contributed by atoms with Gasteiger partial charge in [0.25, 0.3) is 0 Å². The first-order chi connectivity index (χ1) is 8.59. The van der Waals surface area contributed by atoms with E-state index in [1.165, 1.54) is 12.8 Å². The largest absolute Gasteiger partial charge is 0.341 e. The van der Waals surface area contributed by atoms with Crippen molar-refractivity contribution in [1.82, 2.24) is 4.90 Å². The Kier molecular flexibility index (Phi) is 4.02. The van der Waals surface area contributed by atoms with Gasteiger partial charge in [0.15, 0.2) is 0 Å². The average Bonchev–Trinajstić information content (AvgIpc) is 3.21. The highest BCUT2D eigenvalue weighted by Gasteiger charge is 2.33. The lowest BCUT2D eigenvalue weighted by Crippen LogP contribution is -2.47. The average molecular weight is 246 g/mol. The molecule has 1 saturated carbocycles. The maximum atomic E-state index is 12.2. The first-order valence-corrected chi connectivity index (χ1v) is 6.65. The van der Waals surface area contributed by atoms with E-state index in [1.807, 2.05) is 42.3 Å². The summed E-state index contributed by atoms with van der Waals surface area (Å²) in [4.78, 5) is 14.0. The second kappa shape index (κ2) is 5.53. The summed E-state index contributed by atoms with van der Waals surface area (Å²) < 4.78 is 0. The minimum absolute atomic E-state index is 0.0539. The summed E-state index contributed by atoms with van der Waals surface area (Å²) in [6.07, 6.45) is 3.10. The first-order valence-electron chi connectivity index (χ1n) is 6.65. The van der Waals surface area contributed by atoms with Crippen LogP contribution in [0.1, 0.15) is 25.3 Å². The zero-order valence-corrected chi connectivity index (χ0v) is 11.2. The monoisotopic (exact) mass is 246 g/mol. The second-order valence-electron chi connectivity index (χ2n) is 5.32. The molecule has 2 N–H and O–H groups in total. The number of amides is 1. The van der Waals surface area contributed by atoms with Crippen LogP contribution in [0.25, 0.3) is 0 Å². The van der Waals surface area contributed by atoms with Crippen LogP contribution in [0, 0.1) is 5.92 Å². The molecule has 98 valence electrons. The van der Waals surface area contributed by atoms with Gasteiger partial charge in [-0.15, -0.1) is 0 Å². The van der Waals surface area contributed by atoms with Crippen LogP contribution < -0.4 is 5.73 Å². The van der Waals surface area contributed by atoms with Gasteiger partial charge in [-0.1, -0.05) is 30.3 Å². The number of hydrogen-bond donors (Lipinski definition) is 1. The fraction of sp³-hybridized carbons (Fsp3) is 0.533. The van der Waals surface area contributed by atoms with Gasteiger partial charge >= 0.3 is 0 Å². The van der Waals surface area contributed by atoms with E-state index in [-0.39, 0.29) is 5.91 Å². The number of carbonyl (C=O) groups is 1. The topological polar surface area (TPSA) is 46.3 Å². The van der Waals surface area contributed by atoms with Crippen molar-refractivity contribution in [3.8, 4) is 0 Å². The quantitative estimate of drug-likeness (QED) is 0.861. The number of benzene rings is 1. The lowest BCUT2D eigenvalue weighted by molar-refractivity contribution is -0.133. The van der Waals surface area contributed by atoms with Crippen molar-refractivity contribution in [1.29, 1.82) is 0 Å². The number of carbonyl (C=O) groups excluding carboxylic acids is 1. The summed E-state index contributed by atoms with van der Waals surface area (Å²) in [5.74, 6) is 0.737. The summed E-state index contributed by atoms with van der Waals surface area (Å²) in [7, 11) is 1.87. The van der Waals surface area contributed by atoms with E-state index >= 15 is 0 Å². The standard InChI is InChI=1S/C15H22N2O/c1-11(13-8-9-13)17(2)15(18)14(16)10-12-6-4-3-5-7-12/h3-7,11,13-14H,8-10,16H2,1-2H3. The summed E-state index contributed by atoms with van der Waals surface area (Å²) >= 11 is 0. The Morgan fingerprint density at radius 3 is 2.56 bits per heavy atom. The first kappa shape index (κ1) is 13.1. The Morgan fingerprint density at radius 1 is 1.39 bits per heavy atom. The Morgan fingerprint density at radius 2 is 2.00 bits per heavy atom. The minimum atomic E-state index is -0.432. The molecule has 1 aromatic rings. The van der Waals surface area contributed by atoms with E-state index in [0.717, 1.165) is 5.56 Å². The molecule has 2 atom stereocenters. The van der Waals surface area contributed by atoms with E-state index in [2.05, 4.69) is 6.92 Å². The predicted molar refractivity (Wildman–Crippen MR) is 73.1 cm³/mol. The van der Waals surface area contributed by atoms with Gasteiger partial charge in [-0.05, 0) is 37.7 Å². The highest BCUT2D eigenvalue weighted by Crippen LogP contribution is 2.34. The van der Waals surface area contributed by atoms with E-state index in [4.69, 9.17) is 5.73 Å². The van der Waals surface area contributed by atoms with Crippen molar-refractivity contribution < 1.29 is 4.79 Å². The normalized spacial score (nSPS) is 18.2. The van der Waals surface area contributed by atoms with E-state index in [0.29, 0.717) is 18.4 Å². The van der Waals surface area contributed by atoms with Crippen LogP contribution in [0.2, 0.25) is 0 Å². The summed E-state index contributed by atoms with van der Waals surface area (Å²) in [5, 5.41) is 0. The highest BCUT2D eigenvalue weighted by molar-refractivity contribution is 5.82. The third-order valence-electron chi connectivity index (χ3n) is 3.88. The van der Waals surface area contributed by atoms with E-state index in [9.17, 15) is 4.79 Å². The number of nitrogens with two attached hydrogens (primary N) is 1. The predicted octanol–water partition coefficient (Wildman–Crippen LogP) is 1.81. The summed E-state index contributed by atoms with van der Waals surface area (Å²) in [6, 6.07) is 9.83. The molecule has 0 bridgehead atoms. The van der Waals surface area contributed by atoms with Crippen LogP contribution in [0.5, 0.6) is 0 Å². The molecule has 1 aliphatic carbocycles. The summed E-state index contributed by atoms with van der Waals surface area (Å²) in [5.41, 5.74) is 7.13. The van der Waals surface area contributed by atoms with Crippen molar-refractivity contribution >= 4 is 5.91 Å². The summed E-state index contributed by atoms with van der Waals surface area (Å²) in [6.45, 7) is 2.12. The fourth-order valence-electron chi connectivity index (χ4n) is 2.31. The SMILES string of the molecule is CC(C1CC1)N(C)C(=O)C(N)Cc1ccccc1. The van der Waals surface area contributed by atoms with Crippen molar-refractivity contribution in [3.05, 3.63) is 35.9 Å². The van der Waals surface area contributed by atoms with Crippen LogP contribution in [-0.4, -0.2) is 29.9 Å². The number of hydrogen-bond acceptors (Lipinski definition) is 2. The second-order valence-corrected chi connectivity index (χ2v) is 5.32. The molecule has 0 heterocycles. The molecule has 1 fully saturated rings. The Bertz CT molecular complexity index is 400. The van der Waals surface area contributed by atoms with Crippen LogP contribution in [0.3, 0.4) is 0 Å². The van der Waals surface area contributed by atoms with Crippen molar-refractivity contribution in [2.75, 3.05) is 7.05 Å². The molecule has 2 unspecified atom stereocenters. The van der Waals surface area contributed by atoms with Crippen molar-refractivity contribution in [3.63, 3.8) is 0 Å². The maximum Gasteiger partial charge on any atom is 0.239 e. The molecule has 0 spiro atoms. The molecule has 1 aliphatic rings. The molecule has 1 amide bonds. The molecule has 0 saturated heterocycles. The van der Waals surface area contributed by atoms with E-state index in [1.54, 1.807) is 0 Å². The van der Waals surface area contributed by atoms with Gasteiger partial charge in [0.05, 0.1) is 6.04 Å². The minimum Gasteiger partial charge on any atom is -0.341 e. The molecule has 0 radical (unpaired) electrons. The Hall–Kier alpha value is -1.35. The zero-order valence-electron chi connectivity index (χ0n) is 11.2. The fourth-order valence-corrected chi connectivity index (χ4v) is 2.31. The van der Waals surface area contributed by atoms with Crippen LogP contribution >= 0.6 is 0 Å². The molecule has 3 heteroatoms. The molecular formula is C15H22N2O. The Labute approximate surface area is 109 Å². The maximum absolute atomic E-state index is 12.2. The third-order valence-corrected chi connectivity index (χ3v) is 3.88. The third kappa shape index (κ3) is 3.10. The van der Waals surface area contributed by atoms with Gasteiger partial charge in [-0.3, -0.25) is 4.79 Å². The van der Waals surface area contributed by atoms with Gasteiger partial charge in [0.1, 0.15) is 0 Å². The van der Waals surface area contributed by atoms with Gasteiger partial charge in [0.2, 0.25) is 5.91 Å². The molecule has 1 aromatic carbocycles. The molecule has 0 aliphatic heterocycles. The van der Waals surface area contributed by atoms with Gasteiger partial charge in [-0.2, -0.15) is 0 Å². The van der Waals surface area contributed by atoms with Gasteiger partial charge in [0, 0.05) is 13.1 Å². The molecule has 0 aromatic heterocycles. The van der Waals surface area contributed by atoms with Crippen LogP contribution in [0.15, 0.2) is 30.3 Å². The Balaban J connectivity index is 1.91. The number of likely N-dealkylation sites (N-methyl/N-ethyl adjacent to an activating group) is 1. The van der Waals surface area contributed by atoms with Crippen LogP contribution in [0.4, 0.5) is 0 Å². The molecule has 18 heavy (non-hydrogen) atoms. The van der Waals surface area contributed by atoms with Gasteiger partial charge in [-0.25, -0.2) is 0 Å². The zero-order chi connectivity index (χ0) is 13.1. The van der Waals surface area contributed by atoms with Crippen molar-refractivity contribution in [2.24, 2.45) is 11.7 Å². The lowest BCUT2D eigenvalue weighted by atomic mass is 10.0. The van der Waals surface area contributed by atoms with Gasteiger partial charge < -0.3 is 10.6 Å². The van der Waals surface area contributed by atoms with E-state index < -0.39 is 6.04 Å². The lowest BCUT2D eigenvalue weighted by Gasteiger charge is -2.27. The number of nitrogens with zero attached hydrogens (tertiary/aromatic N) is 1. The highest BCUT2D eigenvalue weighted by atomic mass is 16.2. The molecule has 2 rings (SSSR count). The number of rotatable bonds is 5. The van der Waals surface area contributed by atoms with Crippen molar-refractivity contribution in [2.45, 2.75) is 38.3 Å². The molecule has 3 nitrogen and oxygen atoms in total. The molecular weight excluding hydrogens is 224 g/mol. The smallest absolute Gasteiger partial charge is 0.239 e. The van der Waals surface area contributed by atoms with Crippen LogP contribution in [-0.2, 0) is 11.2 Å².